The lowest BCUT2D eigenvalue weighted by atomic mass is 10.1. The van der Waals surface area contributed by atoms with Gasteiger partial charge in [0.1, 0.15) is 11.9 Å². The first-order valence-electron chi connectivity index (χ1n) is 8.23. The standard InChI is InChI=1S/C16H26N4O4/c1-5-11-9-17-14(18-11)12-7-6-8-20(12)15(21)13(10(2)23-3)19-16(22)24-4/h9-10,12-13H,5-8H2,1-4H3,(H,17,18)(H,19,22). The predicted molar refractivity (Wildman–Crippen MR) is 87.5 cm³/mol. The number of alkyl carbamates (subject to hydrolysis) is 1. The largest absolute Gasteiger partial charge is 0.453 e. The Morgan fingerprint density at radius 3 is 2.83 bits per heavy atom. The Hall–Kier alpha value is -2.09. The molecule has 2 amide bonds. The number of aryl methyl sites for hydroxylation is 1. The number of nitrogens with zero attached hydrogens (tertiary/aromatic N) is 2. The van der Waals surface area contributed by atoms with Gasteiger partial charge < -0.3 is 24.7 Å². The molecule has 0 aromatic carbocycles. The van der Waals surface area contributed by atoms with E-state index in [0.717, 1.165) is 30.8 Å². The molecule has 3 unspecified atom stereocenters. The van der Waals surface area contributed by atoms with Crippen LogP contribution in [-0.2, 0) is 20.7 Å². The molecule has 2 rings (SSSR count). The van der Waals surface area contributed by atoms with Crippen molar-refractivity contribution < 1.29 is 19.1 Å². The Bertz CT molecular complexity index is 574. The molecule has 0 aliphatic carbocycles. The highest BCUT2D eigenvalue weighted by Crippen LogP contribution is 2.31. The van der Waals surface area contributed by atoms with Crippen molar-refractivity contribution in [3.05, 3.63) is 17.7 Å². The van der Waals surface area contributed by atoms with Gasteiger partial charge in [0.25, 0.3) is 0 Å². The number of amides is 2. The van der Waals surface area contributed by atoms with Crippen LogP contribution in [0.5, 0.6) is 0 Å². The summed E-state index contributed by atoms with van der Waals surface area (Å²) in [4.78, 5) is 34.0. The fourth-order valence-electron chi connectivity index (χ4n) is 2.92. The molecular weight excluding hydrogens is 312 g/mol. The van der Waals surface area contributed by atoms with Crippen LogP contribution >= 0.6 is 0 Å². The lowest BCUT2D eigenvalue weighted by Gasteiger charge is -2.30. The third-order valence-corrected chi connectivity index (χ3v) is 4.45. The third-order valence-electron chi connectivity index (χ3n) is 4.45. The molecule has 1 aliphatic heterocycles. The molecule has 2 heterocycles. The van der Waals surface area contributed by atoms with E-state index in [1.807, 2.05) is 6.92 Å². The van der Waals surface area contributed by atoms with Crippen LogP contribution in [0.4, 0.5) is 4.79 Å². The van der Waals surface area contributed by atoms with Crippen LogP contribution in [0, 0.1) is 0 Å². The molecule has 0 saturated carbocycles. The maximum absolute atomic E-state index is 13.0. The monoisotopic (exact) mass is 338 g/mol. The van der Waals surface area contributed by atoms with Crippen molar-refractivity contribution in [2.75, 3.05) is 20.8 Å². The second-order valence-corrected chi connectivity index (χ2v) is 5.89. The van der Waals surface area contributed by atoms with Crippen LogP contribution in [0.2, 0.25) is 0 Å². The van der Waals surface area contributed by atoms with Gasteiger partial charge in [0.15, 0.2) is 0 Å². The average molecular weight is 338 g/mol. The van der Waals surface area contributed by atoms with Crippen molar-refractivity contribution in [2.45, 2.75) is 51.3 Å². The minimum Gasteiger partial charge on any atom is -0.453 e. The Kier molecular flexibility index (Phi) is 6.19. The first-order chi connectivity index (χ1) is 11.5. The Labute approximate surface area is 141 Å². The first kappa shape index (κ1) is 18.3. The number of rotatable bonds is 6. The summed E-state index contributed by atoms with van der Waals surface area (Å²) >= 11 is 0. The van der Waals surface area contributed by atoms with Crippen molar-refractivity contribution in [3.63, 3.8) is 0 Å². The molecule has 1 aromatic rings. The van der Waals surface area contributed by atoms with Crippen LogP contribution in [-0.4, -0.2) is 59.8 Å². The van der Waals surface area contributed by atoms with Gasteiger partial charge in [0, 0.05) is 25.5 Å². The predicted octanol–water partition coefficient (Wildman–Crippen LogP) is 1.40. The molecule has 1 fully saturated rings. The number of likely N-dealkylation sites (tertiary alicyclic amines) is 1. The van der Waals surface area contributed by atoms with E-state index in [-0.39, 0.29) is 11.9 Å². The van der Waals surface area contributed by atoms with Gasteiger partial charge in [0.05, 0.1) is 19.3 Å². The van der Waals surface area contributed by atoms with Gasteiger partial charge in [-0.1, -0.05) is 6.92 Å². The van der Waals surface area contributed by atoms with Gasteiger partial charge in [-0.05, 0) is 26.2 Å². The first-order valence-corrected chi connectivity index (χ1v) is 8.23. The summed E-state index contributed by atoms with van der Waals surface area (Å²) in [6, 6.07) is -0.910. The van der Waals surface area contributed by atoms with Gasteiger partial charge in [0.2, 0.25) is 5.91 Å². The number of H-pyrrole nitrogens is 1. The molecule has 2 N–H and O–H groups in total. The minimum atomic E-state index is -0.802. The van der Waals surface area contributed by atoms with Crippen molar-refractivity contribution >= 4 is 12.0 Å². The molecule has 24 heavy (non-hydrogen) atoms. The molecule has 8 nitrogen and oxygen atoms in total. The van der Waals surface area contributed by atoms with E-state index in [0.29, 0.717) is 6.54 Å². The molecule has 1 aromatic heterocycles. The molecule has 134 valence electrons. The lowest BCUT2D eigenvalue weighted by Crippen LogP contribution is -2.54. The summed E-state index contributed by atoms with van der Waals surface area (Å²) in [5.74, 6) is 0.603. The van der Waals surface area contributed by atoms with Crippen molar-refractivity contribution in [1.82, 2.24) is 20.2 Å². The zero-order valence-corrected chi connectivity index (χ0v) is 14.7. The SMILES string of the molecule is CCc1cnc(C2CCCN2C(=O)C(NC(=O)OC)C(C)OC)[nH]1. The second kappa shape index (κ2) is 8.14. The van der Waals surface area contributed by atoms with E-state index in [1.165, 1.54) is 14.2 Å². The summed E-state index contributed by atoms with van der Waals surface area (Å²) in [7, 11) is 2.77. The van der Waals surface area contributed by atoms with Gasteiger partial charge in [-0.25, -0.2) is 9.78 Å². The Morgan fingerprint density at radius 2 is 2.25 bits per heavy atom. The number of aromatic amines is 1. The number of ether oxygens (including phenoxy) is 2. The summed E-state index contributed by atoms with van der Waals surface area (Å²) in [6.45, 7) is 4.42. The maximum atomic E-state index is 13.0. The van der Waals surface area contributed by atoms with E-state index in [2.05, 4.69) is 20.0 Å². The fraction of sp³-hybridized carbons (Fsp3) is 0.688. The van der Waals surface area contributed by atoms with Crippen molar-refractivity contribution in [2.24, 2.45) is 0 Å². The van der Waals surface area contributed by atoms with Gasteiger partial charge in [-0.3, -0.25) is 4.79 Å². The number of carbonyl (C=O) groups excluding carboxylic acids is 2. The van der Waals surface area contributed by atoms with Gasteiger partial charge in [-0.2, -0.15) is 0 Å². The summed E-state index contributed by atoms with van der Waals surface area (Å²) in [5, 5.41) is 2.57. The topological polar surface area (TPSA) is 96.6 Å². The number of hydrogen-bond donors (Lipinski definition) is 2. The van der Waals surface area contributed by atoms with Gasteiger partial charge in [-0.15, -0.1) is 0 Å². The molecule has 0 spiro atoms. The summed E-state index contributed by atoms with van der Waals surface area (Å²) < 4.78 is 9.88. The Balaban J connectivity index is 2.18. The molecule has 1 saturated heterocycles. The highest BCUT2D eigenvalue weighted by atomic mass is 16.5. The van der Waals surface area contributed by atoms with Crippen molar-refractivity contribution in [1.29, 1.82) is 0 Å². The van der Waals surface area contributed by atoms with Gasteiger partial charge >= 0.3 is 6.09 Å². The third kappa shape index (κ3) is 3.87. The zero-order chi connectivity index (χ0) is 17.7. The number of methoxy groups -OCH3 is 2. The minimum absolute atomic E-state index is 0.108. The van der Waals surface area contributed by atoms with Crippen LogP contribution in [0.25, 0.3) is 0 Å². The quantitative estimate of drug-likeness (QED) is 0.817. The summed E-state index contributed by atoms with van der Waals surface area (Å²) in [5.41, 5.74) is 1.04. The van der Waals surface area contributed by atoms with Crippen molar-refractivity contribution in [3.8, 4) is 0 Å². The van der Waals surface area contributed by atoms with E-state index < -0.39 is 18.2 Å². The lowest BCUT2D eigenvalue weighted by molar-refractivity contribution is -0.137. The van der Waals surface area contributed by atoms with E-state index in [4.69, 9.17) is 4.74 Å². The second-order valence-electron chi connectivity index (χ2n) is 5.89. The molecular formula is C16H26N4O4. The summed E-state index contributed by atoms with van der Waals surface area (Å²) in [6.07, 6.45) is 3.28. The van der Waals surface area contributed by atoms with Crippen LogP contribution in [0.3, 0.4) is 0 Å². The highest BCUT2D eigenvalue weighted by molar-refractivity contribution is 5.86. The maximum Gasteiger partial charge on any atom is 0.407 e. The average Bonchev–Trinajstić information content (AvgIpc) is 3.26. The number of carbonyl (C=O) groups is 2. The number of imidazole rings is 1. The molecule has 0 bridgehead atoms. The van der Waals surface area contributed by atoms with Crippen LogP contribution < -0.4 is 5.32 Å². The Morgan fingerprint density at radius 1 is 1.50 bits per heavy atom. The van der Waals surface area contributed by atoms with Crippen LogP contribution in [0.1, 0.15) is 44.2 Å². The van der Waals surface area contributed by atoms with E-state index >= 15 is 0 Å². The highest BCUT2D eigenvalue weighted by Gasteiger charge is 2.38. The smallest absolute Gasteiger partial charge is 0.407 e. The van der Waals surface area contributed by atoms with E-state index in [9.17, 15) is 9.59 Å². The van der Waals surface area contributed by atoms with Crippen LogP contribution in [0.15, 0.2) is 6.20 Å². The zero-order valence-electron chi connectivity index (χ0n) is 14.7. The molecule has 0 radical (unpaired) electrons. The molecule has 1 aliphatic rings. The number of aromatic nitrogens is 2. The number of hydrogen-bond acceptors (Lipinski definition) is 5. The molecule has 8 heteroatoms. The number of nitrogens with one attached hydrogen (secondary N) is 2. The fourth-order valence-corrected chi connectivity index (χ4v) is 2.92. The molecule has 3 atom stereocenters. The normalized spacial score (nSPS) is 19.8. The van der Waals surface area contributed by atoms with E-state index in [1.54, 1.807) is 18.0 Å².